The van der Waals surface area contributed by atoms with Crippen molar-refractivity contribution in [2.24, 2.45) is 0 Å². The SMILES string of the molecule is O=C(OCc1ccc(F)cc1)c1cc(S(=O)(=O)N2CCOCC2)c[nH]1. The molecule has 1 N–H and O–H groups in total. The van der Waals surface area contributed by atoms with Crippen LogP contribution in [0.4, 0.5) is 4.39 Å². The van der Waals surface area contributed by atoms with Crippen molar-refractivity contribution in [2.45, 2.75) is 11.5 Å². The van der Waals surface area contributed by atoms with Crippen molar-refractivity contribution in [3.8, 4) is 0 Å². The number of sulfonamides is 1. The van der Waals surface area contributed by atoms with Crippen molar-refractivity contribution in [1.82, 2.24) is 9.29 Å². The van der Waals surface area contributed by atoms with Crippen LogP contribution in [0.5, 0.6) is 0 Å². The molecule has 0 saturated carbocycles. The Morgan fingerprint density at radius 2 is 1.92 bits per heavy atom. The molecule has 1 saturated heterocycles. The Labute approximate surface area is 144 Å². The molecule has 7 nitrogen and oxygen atoms in total. The monoisotopic (exact) mass is 368 g/mol. The van der Waals surface area contributed by atoms with E-state index >= 15 is 0 Å². The quantitative estimate of drug-likeness (QED) is 0.809. The first-order chi connectivity index (χ1) is 12.0. The molecule has 0 atom stereocenters. The van der Waals surface area contributed by atoms with Gasteiger partial charge >= 0.3 is 5.97 Å². The van der Waals surface area contributed by atoms with Gasteiger partial charge in [0.25, 0.3) is 0 Å². The summed E-state index contributed by atoms with van der Waals surface area (Å²) in [5, 5.41) is 0. The van der Waals surface area contributed by atoms with Crippen LogP contribution in [0.1, 0.15) is 16.1 Å². The van der Waals surface area contributed by atoms with Crippen molar-refractivity contribution >= 4 is 16.0 Å². The molecule has 0 radical (unpaired) electrons. The van der Waals surface area contributed by atoms with Gasteiger partial charge in [0.15, 0.2) is 0 Å². The van der Waals surface area contributed by atoms with Crippen LogP contribution in [0.2, 0.25) is 0 Å². The smallest absolute Gasteiger partial charge is 0.355 e. The molecule has 25 heavy (non-hydrogen) atoms. The number of esters is 1. The predicted octanol–water partition coefficient (Wildman–Crippen LogP) is 1.53. The van der Waals surface area contributed by atoms with E-state index in [1.165, 1.54) is 40.8 Å². The van der Waals surface area contributed by atoms with E-state index in [-0.39, 0.29) is 36.1 Å². The number of benzene rings is 1. The minimum Gasteiger partial charge on any atom is -0.456 e. The molecule has 0 bridgehead atoms. The molecule has 2 aromatic rings. The first kappa shape index (κ1) is 17.6. The fraction of sp³-hybridized carbons (Fsp3) is 0.312. The van der Waals surface area contributed by atoms with E-state index in [0.717, 1.165) is 0 Å². The molecular weight excluding hydrogens is 351 g/mol. The second kappa shape index (κ2) is 7.34. The zero-order chi connectivity index (χ0) is 17.9. The van der Waals surface area contributed by atoms with Gasteiger partial charge in [-0.15, -0.1) is 0 Å². The summed E-state index contributed by atoms with van der Waals surface area (Å²) in [4.78, 5) is 14.7. The third-order valence-corrected chi connectivity index (χ3v) is 5.64. The number of aromatic nitrogens is 1. The van der Waals surface area contributed by atoms with E-state index in [1.807, 2.05) is 0 Å². The van der Waals surface area contributed by atoms with Crippen molar-refractivity contribution in [1.29, 1.82) is 0 Å². The highest BCUT2D eigenvalue weighted by Gasteiger charge is 2.28. The number of aromatic amines is 1. The normalized spacial score (nSPS) is 15.9. The Balaban J connectivity index is 1.65. The second-order valence-electron chi connectivity index (χ2n) is 5.47. The summed E-state index contributed by atoms with van der Waals surface area (Å²) in [5.41, 5.74) is 0.663. The Hall–Kier alpha value is -2.23. The second-order valence-corrected chi connectivity index (χ2v) is 7.41. The zero-order valence-corrected chi connectivity index (χ0v) is 14.1. The lowest BCUT2D eigenvalue weighted by Gasteiger charge is -2.25. The number of nitrogens with one attached hydrogen (secondary N) is 1. The maximum Gasteiger partial charge on any atom is 0.355 e. The van der Waals surface area contributed by atoms with Crippen molar-refractivity contribution in [3.05, 3.63) is 53.6 Å². The van der Waals surface area contributed by atoms with Crippen LogP contribution in [0.25, 0.3) is 0 Å². The van der Waals surface area contributed by atoms with Gasteiger partial charge in [0.1, 0.15) is 23.0 Å². The highest BCUT2D eigenvalue weighted by atomic mass is 32.2. The van der Waals surface area contributed by atoms with Crippen LogP contribution in [-0.4, -0.2) is 50.0 Å². The molecule has 2 heterocycles. The first-order valence-electron chi connectivity index (χ1n) is 7.65. The lowest BCUT2D eigenvalue weighted by molar-refractivity contribution is 0.0466. The number of ether oxygens (including phenoxy) is 2. The summed E-state index contributed by atoms with van der Waals surface area (Å²) in [6.07, 6.45) is 1.26. The average molecular weight is 368 g/mol. The maximum atomic E-state index is 12.8. The van der Waals surface area contributed by atoms with Gasteiger partial charge < -0.3 is 14.5 Å². The Morgan fingerprint density at radius 1 is 1.24 bits per heavy atom. The van der Waals surface area contributed by atoms with Crippen molar-refractivity contribution in [2.75, 3.05) is 26.3 Å². The number of hydrogen-bond donors (Lipinski definition) is 1. The fourth-order valence-corrected chi connectivity index (χ4v) is 3.79. The third-order valence-electron chi connectivity index (χ3n) is 3.77. The molecule has 134 valence electrons. The van der Waals surface area contributed by atoms with Crippen LogP contribution < -0.4 is 0 Å². The van der Waals surface area contributed by atoms with Gasteiger partial charge in [0, 0.05) is 19.3 Å². The number of hydrogen-bond acceptors (Lipinski definition) is 5. The molecule has 1 aromatic carbocycles. The maximum absolute atomic E-state index is 12.8. The highest BCUT2D eigenvalue weighted by molar-refractivity contribution is 7.89. The molecule has 1 aliphatic rings. The standard InChI is InChI=1S/C16H17FN2O5S/c17-13-3-1-12(2-4-13)11-24-16(20)15-9-14(10-18-15)25(21,22)19-5-7-23-8-6-19/h1-4,9-10,18H,5-8,11H2. The van der Waals surface area contributed by atoms with Crippen molar-refractivity contribution in [3.63, 3.8) is 0 Å². The zero-order valence-electron chi connectivity index (χ0n) is 13.3. The summed E-state index contributed by atoms with van der Waals surface area (Å²) in [7, 11) is -3.67. The minimum atomic E-state index is -3.67. The molecule has 1 aromatic heterocycles. The highest BCUT2D eigenvalue weighted by Crippen LogP contribution is 2.18. The van der Waals surface area contributed by atoms with Crippen LogP contribution in [0, 0.1) is 5.82 Å². The Bertz CT molecular complexity index is 842. The summed E-state index contributed by atoms with van der Waals surface area (Å²) < 4.78 is 49.4. The van der Waals surface area contributed by atoms with Gasteiger partial charge in [-0.1, -0.05) is 12.1 Å². The van der Waals surface area contributed by atoms with E-state index in [4.69, 9.17) is 9.47 Å². The average Bonchev–Trinajstić information content (AvgIpc) is 3.13. The molecule has 0 aliphatic carbocycles. The molecule has 0 spiro atoms. The predicted molar refractivity (Wildman–Crippen MR) is 85.9 cm³/mol. The first-order valence-corrected chi connectivity index (χ1v) is 9.09. The number of morpholine rings is 1. The minimum absolute atomic E-state index is 0.00290. The Morgan fingerprint density at radius 3 is 2.60 bits per heavy atom. The molecule has 0 unspecified atom stereocenters. The number of nitrogens with zero attached hydrogens (tertiary/aromatic N) is 1. The van der Waals surface area contributed by atoms with Gasteiger partial charge in [0.05, 0.1) is 13.2 Å². The number of halogens is 1. The summed E-state index contributed by atoms with van der Waals surface area (Å²) in [5.74, 6) is -1.06. The fourth-order valence-electron chi connectivity index (χ4n) is 2.38. The van der Waals surface area contributed by atoms with E-state index < -0.39 is 16.0 Å². The van der Waals surface area contributed by atoms with E-state index in [1.54, 1.807) is 0 Å². The topological polar surface area (TPSA) is 88.7 Å². The van der Waals surface area contributed by atoms with E-state index in [2.05, 4.69) is 4.98 Å². The Kier molecular flexibility index (Phi) is 5.16. The lowest BCUT2D eigenvalue weighted by atomic mass is 10.2. The molecular formula is C16H17FN2O5S. The van der Waals surface area contributed by atoms with E-state index in [9.17, 15) is 17.6 Å². The number of H-pyrrole nitrogens is 1. The molecule has 1 aliphatic heterocycles. The molecule has 9 heteroatoms. The molecule has 1 fully saturated rings. The molecule has 0 amide bonds. The van der Waals surface area contributed by atoms with Crippen LogP contribution >= 0.6 is 0 Å². The number of rotatable bonds is 5. The van der Waals surface area contributed by atoms with Crippen LogP contribution in [0.3, 0.4) is 0 Å². The largest absolute Gasteiger partial charge is 0.456 e. The third kappa shape index (κ3) is 4.06. The van der Waals surface area contributed by atoms with Gasteiger partial charge in [0.2, 0.25) is 10.0 Å². The number of carbonyl (C=O) groups is 1. The lowest BCUT2D eigenvalue weighted by Crippen LogP contribution is -2.40. The summed E-state index contributed by atoms with van der Waals surface area (Å²) in [6.45, 7) is 1.20. The van der Waals surface area contributed by atoms with Crippen LogP contribution in [-0.2, 0) is 26.1 Å². The van der Waals surface area contributed by atoms with Gasteiger partial charge in [-0.2, -0.15) is 4.31 Å². The van der Waals surface area contributed by atoms with Crippen molar-refractivity contribution < 1.29 is 27.1 Å². The van der Waals surface area contributed by atoms with Gasteiger partial charge in [-0.3, -0.25) is 0 Å². The summed E-state index contributed by atoms with van der Waals surface area (Å²) in [6, 6.07) is 6.80. The van der Waals surface area contributed by atoms with Crippen LogP contribution in [0.15, 0.2) is 41.4 Å². The van der Waals surface area contributed by atoms with Gasteiger partial charge in [-0.05, 0) is 23.8 Å². The summed E-state index contributed by atoms with van der Waals surface area (Å²) >= 11 is 0. The number of carbonyl (C=O) groups excluding carboxylic acids is 1. The van der Waals surface area contributed by atoms with Gasteiger partial charge in [-0.25, -0.2) is 17.6 Å². The van der Waals surface area contributed by atoms with E-state index in [0.29, 0.717) is 18.8 Å². The molecule has 3 rings (SSSR count).